The standard InChI is InChI=1S/C16H22N4O3/c1-16(6-3-2-4-7-16)15(22)20-8-5-11-13(10-20)17-9-12(18-11)14(21)19-23/h9,23H,2-8,10H2,1H3,(H,19,21). The third-order valence-corrected chi connectivity index (χ3v) is 4.99. The van der Waals surface area contributed by atoms with Crippen LogP contribution in [0, 0.1) is 5.41 Å². The predicted molar refractivity (Wildman–Crippen MR) is 81.6 cm³/mol. The van der Waals surface area contributed by atoms with Crippen LogP contribution in [-0.4, -0.2) is 38.4 Å². The molecule has 0 aromatic carbocycles. The zero-order valence-corrected chi connectivity index (χ0v) is 13.3. The summed E-state index contributed by atoms with van der Waals surface area (Å²) < 4.78 is 0. The van der Waals surface area contributed by atoms with Gasteiger partial charge in [-0.2, -0.15) is 0 Å². The lowest BCUT2D eigenvalue weighted by Crippen LogP contribution is -2.46. The summed E-state index contributed by atoms with van der Waals surface area (Å²) in [6.07, 6.45) is 7.27. The molecule has 2 amide bonds. The van der Waals surface area contributed by atoms with Gasteiger partial charge in [-0.15, -0.1) is 0 Å². The van der Waals surface area contributed by atoms with Gasteiger partial charge in [0.1, 0.15) is 5.69 Å². The van der Waals surface area contributed by atoms with Crippen LogP contribution in [0.4, 0.5) is 0 Å². The van der Waals surface area contributed by atoms with Gasteiger partial charge in [0.25, 0.3) is 5.91 Å². The summed E-state index contributed by atoms with van der Waals surface area (Å²) in [5.41, 5.74) is 2.86. The van der Waals surface area contributed by atoms with E-state index in [2.05, 4.69) is 16.9 Å². The van der Waals surface area contributed by atoms with E-state index in [4.69, 9.17) is 5.21 Å². The zero-order chi connectivity index (χ0) is 16.4. The first-order valence-corrected chi connectivity index (χ1v) is 8.12. The van der Waals surface area contributed by atoms with Gasteiger partial charge in [0, 0.05) is 18.4 Å². The van der Waals surface area contributed by atoms with Crippen LogP contribution < -0.4 is 5.48 Å². The second kappa shape index (κ2) is 6.23. The predicted octanol–water partition coefficient (Wildman–Crippen LogP) is 1.45. The number of carbonyl (C=O) groups is 2. The molecule has 3 rings (SSSR count). The summed E-state index contributed by atoms with van der Waals surface area (Å²) in [7, 11) is 0. The van der Waals surface area contributed by atoms with Crippen molar-refractivity contribution in [2.75, 3.05) is 6.54 Å². The van der Waals surface area contributed by atoms with Crippen LogP contribution in [0.15, 0.2) is 6.20 Å². The first-order valence-electron chi connectivity index (χ1n) is 8.12. The molecule has 2 N–H and O–H groups in total. The highest BCUT2D eigenvalue weighted by Gasteiger charge is 2.38. The SMILES string of the molecule is CC1(C(=O)N2CCc3nc(C(=O)NO)cnc3C2)CCCCC1. The van der Waals surface area contributed by atoms with Crippen LogP contribution in [0.5, 0.6) is 0 Å². The number of hydroxylamine groups is 1. The Hall–Kier alpha value is -2.02. The van der Waals surface area contributed by atoms with Crippen LogP contribution in [0.1, 0.15) is 60.9 Å². The Kier molecular flexibility index (Phi) is 4.30. The molecule has 7 heteroatoms. The average molecular weight is 318 g/mol. The molecule has 0 unspecified atom stereocenters. The molecule has 1 aliphatic heterocycles. The highest BCUT2D eigenvalue weighted by Crippen LogP contribution is 2.38. The maximum Gasteiger partial charge on any atom is 0.294 e. The molecule has 23 heavy (non-hydrogen) atoms. The van der Waals surface area contributed by atoms with Crippen LogP contribution in [0.25, 0.3) is 0 Å². The van der Waals surface area contributed by atoms with E-state index in [1.54, 1.807) is 5.48 Å². The van der Waals surface area contributed by atoms with Gasteiger partial charge in [-0.25, -0.2) is 10.5 Å². The van der Waals surface area contributed by atoms with Crippen LogP contribution in [0.3, 0.4) is 0 Å². The van der Waals surface area contributed by atoms with Gasteiger partial charge in [-0.1, -0.05) is 26.2 Å². The van der Waals surface area contributed by atoms with E-state index in [0.29, 0.717) is 19.5 Å². The maximum atomic E-state index is 12.9. The number of hydrogen-bond acceptors (Lipinski definition) is 5. The molecule has 0 saturated heterocycles. The minimum absolute atomic E-state index is 0.0882. The first-order chi connectivity index (χ1) is 11.0. The van der Waals surface area contributed by atoms with Crippen molar-refractivity contribution in [2.45, 2.75) is 52.0 Å². The monoisotopic (exact) mass is 318 g/mol. The smallest absolute Gasteiger partial charge is 0.294 e. The van der Waals surface area contributed by atoms with Crippen molar-refractivity contribution in [1.82, 2.24) is 20.3 Å². The Balaban J connectivity index is 1.75. The number of aromatic nitrogens is 2. The summed E-state index contributed by atoms with van der Waals surface area (Å²) in [5.74, 6) is -0.463. The Bertz CT molecular complexity index is 626. The number of nitrogens with zero attached hydrogens (tertiary/aromatic N) is 3. The normalized spacial score (nSPS) is 19.8. The first kappa shape index (κ1) is 15.9. The summed E-state index contributed by atoms with van der Waals surface area (Å²) in [6, 6.07) is 0. The maximum absolute atomic E-state index is 12.9. The van der Waals surface area contributed by atoms with Crippen LogP contribution >= 0.6 is 0 Å². The second-order valence-corrected chi connectivity index (χ2v) is 6.69. The van der Waals surface area contributed by atoms with Gasteiger partial charge in [-0.05, 0) is 12.8 Å². The van der Waals surface area contributed by atoms with Crippen molar-refractivity contribution in [1.29, 1.82) is 0 Å². The lowest BCUT2D eigenvalue weighted by molar-refractivity contribution is -0.144. The van der Waals surface area contributed by atoms with Gasteiger partial charge < -0.3 is 4.90 Å². The molecule has 0 spiro atoms. The summed E-state index contributed by atoms with van der Waals surface area (Å²) in [4.78, 5) is 34.6. The van der Waals surface area contributed by atoms with E-state index >= 15 is 0 Å². The number of fused-ring (bicyclic) bond motifs is 1. The topological polar surface area (TPSA) is 95.4 Å². The molecule has 0 atom stereocenters. The second-order valence-electron chi connectivity index (χ2n) is 6.69. The molecule has 124 valence electrons. The van der Waals surface area contributed by atoms with Gasteiger partial charge in [0.2, 0.25) is 5.91 Å². The van der Waals surface area contributed by atoms with Gasteiger partial charge >= 0.3 is 0 Å². The van der Waals surface area contributed by atoms with E-state index < -0.39 is 5.91 Å². The molecule has 1 fully saturated rings. The third-order valence-electron chi connectivity index (χ3n) is 4.99. The number of amides is 2. The average Bonchev–Trinajstić information content (AvgIpc) is 2.60. The van der Waals surface area contributed by atoms with Crippen molar-refractivity contribution in [3.05, 3.63) is 23.3 Å². The molecular weight excluding hydrogens is 296 g/mol. The van der Waals surface area contributed by atoms with E-state index in [-0.39, 0.29) is 17.0 Å². The molecule has 1 aliphatic carbocycles. The number of hydrogen-bond donors (Lipinski definition) is 2. The van der Waals surface area contributed by atoms with Crippen LogP contribution in [0.2, 0.25) is 0 Å². The number of nitrogens with one attached hydrogen (secondary N) is 1. The minimum atomic E-state index is -0.673. The third kappa shape index (κ3) is 3.06. The number of rotatable bonds is 2. The Morgan fingerprint density at radius 2 is 2.00 bits per heavy atom. The largest absolute Gasteiger partial charge is 0.336 e. The highest BCUT2D eigenvalue weighted by molar-refractivity contribution is 5.91. The van der Waals surface area contributed by atoms with Crippen molar-refractivity contribution in [2.24, 2.45) is 5.41 Å². The summed E-state index contributed by atoms with van der Waals surface area (Å²) in [5, 5.41) is 8.66. The molecule has 2 aliphatic rings. The fourth-order valence-corrected chi connectivity index (χ4v) is 3.55. The molecular formula is C16H22N4O3. The Morgan fingerprint density at radius 3 is 2.70 bits per heavy atom. The number of carbonyl (C=O) groups excluding carboxylic acids is 2. The van der Waals surface area contributed by atoms with E-state index in [1.165, 1.54) is 12.6 Å². The van der Waals surface area contributed by atoms with Gasteiger partial charge in [0.05, 0.1) is 24.1 Å². The molecule has 0 radical (unpaired) electrons. The van der Waals surface area contributed by atoms with E-state index in [9.17, 15) is 9.59 Å². The highest BCUT2D eigenvalue weighted by atomic mass is 16.5. The lowest BCUT2D eigenvalue weighted by Gasteiger charge is -2.38. The zero-order valence-electron chi connectivity index (χ0n) is 13.3. The summed E-state index contributed by atoms with van der Waals surface area (Å²) >= 11 is 0. The fraction of sp³-hybridized carbons (Fsp3) is 0.625. The van der Waals surface area contributed by atoms with Crippen molar-refractivity contribution in [3.8, 4) is 0 Å². The van der Waals surface area contributed by atoms with Crippen LogP contribution in [-0.2, 0) is 17.8 Å². The minimum Gasteiger partial charge on any atom is -0.336 e. The molecule has 1 saturated carbocycles. The molecule has 7 nitrogen and oxygen atoms in total. The molecule has 1 aromatic rings. The van der Waals surface area contributed by atoms with Gasteiger partial charge in [0.15, 0.2) is 0 Å². The quantitative estimate of drug-likeness (QED) is 0.635. The molecule has 1 aromatic heterocycles. The van der Waals surface area contributed by atoms with Crippen molar-refractivity contribution >= 4 is 11.8 Å². The Labute approximate surface area is 135 Å². The summed E-state index contributed by atoms with van der Waals surface area (Å²) in [6.45, 7) is 3.11. The lowest BCUT2D eigenvalue weighted by atomic mass is 9.74. The Morgan fingerprint density at radius 1 is 1.26 bits per heavy atom. The van der Waals surface area contributed by atoms with E-state index in [0.717, 1.165) is 37.1 Å². The van der Waals surface area contributed by atoms with Crippen molar-refractivity contribution < 1.29 is 14.8 Å². The molecule has 2 heterocycles. The van der Waals surface area contributed by atoms with Crippen molar-refractivity contribution in [3.63, 3.8) is 0 Å². The van der Waals surface area contributed by atoms with Gasteiger partial charge in [-0.3, -0.25) is 19.8 Å². The van der Waals surface area contributed by atoms with E-state index in [1.807, 2.05) is 4.90 Å². The molecule has 0 bridgehead atoms. The fourth-order valence-electron chi connectivity index (χ4n) is 3.55.